The Balaban J connectivity index is 2.41. The molecule has 0 aliphatic heterocycles. The molecule has 2 aromatic carbocycles. The van der Waals surface area contributed by atoms with Gasteiger partial charge in [-0.25, -0.2) is 8.42 Å². The summed E-state index contributed by atoms with van der Waals surface area (Å²) in [5.41, 5.74) is 0.773. The third-order valence-corrected chi connectivity index (χ3v) is 6.03. The van der Waals surface area contributed by atoms with Crippen molar-refractivity contribution in [3.05, 3.63) is 54.1 Å². The zero-order valence-corrected chi connectivity index (χ0v) is 18.0. The molecular formula is C21H28N2O5S. The molecule has 0 fully saturated rings. The summed E-state index contributed by atoms with van der Waals surface area (Å²) in [6, 6.07) is 13.7. The lowest BCUT2D eigenvalue weighted by molar-refractivity contribution is -0.121. The standard InChI is InChI=1S/C21H28N2O5S/c1-16(2)13-22-21(24)15-23(14-17-8-6-5-7-9-17)29(25,26)20-12-18(27-3)10-11-19(20)28-4/h5-12,16H,13-15H2,1-4H3,(H,22,24). The van der Waals surface area contributed by atoms with Crippen LogP contribution in [0.5, 0.6) is 11.5 Å². The summed E-state index contributed by atoms with van der Waals surface area (Å²) >= 11 is 0. The Hall–Kier alpha value is -2.58. The first-order chi connectivity index (χ1) is 13.8. The molecule has 1 N–H and O–H groups in total. The second kappa shape index (κ2) is 10.3. The van der Waals surface area contributed by atoms with Crippen molar-refractivity contribution in [2.45, 2.75) is 25.3 Å². The molecule has 0 aliphatic rings. The minimum absolute atomic E-state index is 0.0491. The van der Waals surface area contributed by atoms with Crippen molar-refractivity contribution in [2.24, 2.45) is 5.92 Å². The summed E-state index contributed by atoms with van der Waals surface area (Å²) in [7, 11) is -1.18. The van der Waals surface area contributed by atoms with Gasteiger partial charge in [0, 0.05) is 19.2 Å². The minimum atomic E-state index is -4.04. The number of methoxy groups -OCH3 is 2. The van der Waals surface area contributed by atoms with E-state index in [1.54, 1.807) is 6.07 Å². The molecule has 158 valence electrons. The molecule has 0 atom stereocenters. The van der Waals surface area contributed by atoms with E-state index in [2.05, 4.69) is 5.32 Å². The van der Waals surface area contributed by atoms with Crippen LogP contribution in [-0.4, -0.2) is 45.9 Å². The fourth-order valence-corrected chi connectivity index (χ4v) is 4.23. The highest BCUT2D eigenvalue weighted by atomic mass is 32.2. The molecule has 0 spiro atoms. The molecule has 0 unspecified atom stereocenters. The van der Waals surface area contributed by atoms with Crippen molar-refractivity contribution >= 4 is 15.9 Å². The molecule has 29 heavy (non-hydrogen) atoms. The van der Waals surface area contributed by atoms with Crippen molar-refractivity contribution < 1.29 is 22.7 Å². The van der Waals surface area contributed by atoms with Crippen LogP contribution in [0.2, 0.25) is 0 Å². The van der Waals surface area contributed by atoms with Crippen molar-refractivity contribution in [3.8, 4) is 11.5 Å². The van der Waals surface area contributed by atoms with Crippen LogP contribution in [0.25, 0.3) is 0 Å². The van der Waals surface area contributed by atoms with Gasteiger partial charge in [-0.1, -0.05) is 44.2 Å². The van der Waals surface area contributed by atoms with E-state index >= 15 is 0 Å². The van der Waals surface area contributed by atoms with Gasteiger partial charge >= 0.3 is 0 Å². The van der Waals surface area contributed by atoms with Crippen molar-refractivity contribution in [3.63, 3.8) is 0 Å². The van der Waals surface area contributed by atoms with Crippen LogP contribution >= 0.6 is 0 Å². The Morgan fingerprint density at radius 3 is 2.34 bits per heavy atom. The highest BCUT2D eigenvalue weighted by molar-refractivity contribution is 7.89. The Kier molecular flexibility index (Phi) is 8.04. The van der Waals surface area contributed by atoms with E-state index in [0.717, 1.165) is 9.87 Å². The predicted octanol–water partition coefficient (Wildman–Crippen LogP) is 2.67. The van der Waals surface area contributed by atoms with Gasteiger partial charge in [0.2, 0.25) is 15.9 Å². The number of sulfonamides is 1. The van der Waals surface area contributed by atoms with Crippen molar-refractivity contribution in [2.75, 3.05) is 27.3 Å². The van der Waals surface area contributed by atoms with Crippen LogP contribution in [0.1, 0.15) is 19.4 Å². The summed E-state index contributed by atoms with van der Waals surface area (Å²) in [6.45, 7) is 4.17. The van der Waals surface area contributed by atoms with Gasteiger partial charge in [-0.3, -0.25) is 4.79 Å². The minimum Gasteiger partial charge on any atom is -0.497 e. The molecule has 0 aromatic heterocycles. The molecule has 0 bridgehead atoms. The second-order valence-corrected chi connectivity index (χ2v) is 8.88. The van der Waals surface area contributed by atoms with E-state index in [9.17, 15) is 13.2 Å². The number of carbonyl (C=O) groups is 1. The van der Waals surface area contributed by atoms with Gasteiger partial charge < -0.3 is 14.8 Å². The van der Waals surface area contributed by atoms with Gasteiger partial charge in [0.1, 0.15) is 16.4 Å². The number of benzene rings is 2. The molecule has 0 aliphatic carbocycles. The summed E-state index contributed by atoms with van der Waals surface area (Å²) in [6.07, 6.45) is 0. The van der Waals surface area contributed by atoms with Crippen molar-refractivity contribution in [1.29, 1.82) is 0 Å². The first kappa shape index (κ1) is 22.7. The smallest absolute Gasteiger partial charge is 0.247 e. The van der Waals surface area contributed by atoms with Crippen LogP contribution in [0.3, 0.4) is 0 Å². The van der Waals surface area contributed by atoms with Crippen LogP contribution in [-0.2, 0) is 21.4 Å². The number of hydrogen-bond acceptors (Lipinski definition) is 5. The Bertz CT molecular complexity index is 914. The summed E-state index contributed by atoms with van der Waals surface area (Å²) in [5.74, 6) is 0.469. The van der Waals surface area contributed by atoms with Crippen LogP contribution < -0.4 is 14.8 Å². The average Bonchev–Trinajstić information content (AvgIpc) is 2.72. The lowest BCUT2D eigenvalue weighted by Gasteiger charge is -2.23. The maximum absolute atomic E-state index is 13.5. The first-order valence-corrected chi connectivity index (χ1v) is 10.7. The van der Waals surface area contributed by atoms with E-state index < -0.39 is 10.0 Å². The highest BCUT2D eigenvalue weighted by Gasteiger charge is 2.30. The summed E-state index contributed by atoms with van der Waals surface area (Å²) in [5, 5.41) is 2.77. The van der Waals surface area contributed by atoms with Gasteiger partial charge in [0.05, 0.1) is 20.8 Å². The summed E-state index contributed by atoms with van der Waals surface area (Å²) in [4.78, 5) is 12.4. The van der Waals surface area contributed by atoms with E-state index in [1.807, 2.05) is 44.2 Å². The van der Waals surface area contributed by atoms with Crippen molar-refractivity contribution in [1.82, 2.24) is 9.62 Å². The molecule has 8 heteroatoms. The Morgan fingerprint density at radius 2 is 1.76 bits per heavy atom. The maximum Gasteiger partial charge on any atom is 0.247 e. The van der Waals surface area contributed by atoms with Gasteiger partial charge in [0.15, 0.2) is 0 Å². The fourth-order valence-electron chi connectivity index (χ4n) is 2.67. The largest absolute Gasteiger partial charge is 0.497 e. The zero-order valence-electron chi connectivity index (χ0n) is 17.2. The zero-order chi connectivity index (χ0) is 21.4. The second-order valence-electron chi connectivity index (χ2n) is 6.97. The Morgan fingerprint density at radius 1 is 1.07 bits per heavy atom. The number of amides is 1. The third-order valence-electron chi connectivity index (χ3n) is 4.22. The highest BCUT2D eigenvalue weighted by Crippen LogP contribution is 2.31. The van der Waals surface area contributed by atoms with E-state index in [0.29, 0.717) is 12.3 Å². The van der Waals surface area contributed by atoms with E-state index in [-0.39, 0.29) is 35.6 Å². The predicted molar refractivity (Wildman–Crippen MR) is 111 cm³/mol. The Labute approximate surface area is 172 Å². The fraction of sp³-hybridized carbons (Fsp3) is 0.381. The molecule has 2 rings (SSSR count). The van der Waals surface area contributed by atoms with Crippen LogP contribution in [0.4, 0.5) is 0 Å². The third kappa shape index (κ3) is 6.20. The number of nitrogens with one attached hydrogen (secondary N) is 1. The molecule has 2 aromatic rings. The maximum atomic E-state index is 13.5. The van der Waals surface area contributed by atoms with Gasteiger partial charge in [0.25, 0.3) is 0 Å². The molecule has 0 heterocycles. The quantitative estimate of drug-likeness (QED) is 0.639. The topological polar surface area (TPSA) is 84.9 Å². The molecule has 0 saturated heterocycles. The number of hydrogen-bond donors (Lipinski definition) is 1. The van der Waals surface area contributed by atoms with Gasteiger partial charge in [-0.15, -0.1) is 0 Å². The molecular weight excluding hydrogens is 392 g/mol. The van der Waals surface area contributed by atoms with Gasteiger partial charge in [-0.2, -0.15) is 4.31 Å². The molecule has 0 radical (unpaired) electrons. The van der Waals surface area contributed by atoms with E-state index in [1.165, 1.54) is 26.4 Å². The number of rotatable bonds is 10. The molecule has 1 amide bonds. The van der Waals surface area contributed by atoms with Crippen LogP contribution in [0.15, 0.2) is 53.4 Å². The lowest BCUT2D eigenvalue weighted by Crippen LogP contribution is -2.41. The van der Waals surface area contributed by atoms with Crippen LogP contribution in [0, 0.1) is 5.92 Å². The number of ether oxygens (including phenoxy) is 2. The van der Waals surface area contributed by atoms with E-state index in [4.69, 9.17) is 9.47 Å². The molecule has 0 saturated carbocycles. The first-order valence-electron chi connectivity index (χ1n) is 9.30. The number of nitrogens with zero attached hydrogens (tertiary/aromatic N) is 1. The summed E-state index contributed by atoms with van der Waals surface area (Å²) < 4.78 is 38.5. The lowest BCUT2D eigenvalue weighted by atomic mass is 10.2. The average molecular weight is 421 g/mol. The number of carbonyl (C=O) groups excluding carboxylic acids is 1. The monoisotopic (exact) mass is 420 g/mol. The van der Waals surface area contributed by atoms with Gasteiger partial charge in [-0.05, 0) is 23.6 Å². The SMILES string of the molecule is COc1ccc(OC)c(S(=O)(=O)N(CC(=O)NCC(C)C)Cc2ccccc2)c1. The molecule has 7 nitrogen and oxygen atoms in total. The normalized spacial score (nSPS) is 11.5.